The van der Waals surface area contributed by atoms with Crippen LogP contribution in [0.5, 0.6) is 17.2 Å². The van der Waals surface area contributed by atoms with Gasteiger partial charge in [-0.2, -0.15) is 0 Å². The molecular weight excluding hydrogens is 396 g/mol. The topological polar surface area (TPSA) is 77.1 Å². The van der Waals surface area contributed by atoms with Crippen molar-refractivity contribution >= 4 is 29.1 Å². The first kappa shape index (κ1) is 19.4. The number of nitrogens with zero attached hydrogens (tertiary/aromatic N) is 1. The summed E-state index contributed by atoms with van der Waals surface area (Å²) in [6, 6.07) is 12.5. The summed E-state index contributed by atoms with van der Waals surface area (Å²) in [5, 5.41) is 3.37. The molecule has 2 aliphatic heterocycles. The molecule has 0 saturated carbocycles. The number of methoxy groups -OCH3 is 1. The fraction of sp³-hybridized carbons (Fsp3) is 0.333. The Hall–Kier alpha value is -2.93. The zero-order valence-corrected chi connectivity index (χ0v) is 16.6. The molecule has 0 unspecified atom stereocenters. The van der Waals surface area contributed by atoms with Crippen molar-refractivity contribution in [2.45, 2.75) is 12.5 Å². The monoisotopic (exact) mass is 416 g/mol. The Kier molecular flexibility index (Phi) is 5.49. The highest BCUT2D eigenvalue weighted by Crippen LogP contribution is 2.35. The molecule has 2 aromatic rings. The molecule has 4 rings (SSSR count). The summed E-state index contributed by atoms with van der Waals surface area (Å²) in [6.07, 6.45) is -0.151. The molecule has 2 atom stereocenters. The molecule has 2 heterocycles. The molecule has 0 aromatic heterocycles. The molecule has 2 aromatic carbocycles. The minimum atomic E-state index is -0.456. The quantitative estimate of drug-likeness (QED) is 0.810. The van der Waals surface area contributed by atoms with Gasteiger partial charge in [0.15, 0.2) is 11.5 Å². The molecule has 0 radical (unpaired) electrons. The van der Waals surface area contributed by atoms with Gasteiger partial charge >= 0.3 is 0 Å². The van der Waals surface area contributed by atoms with E-state index < -0.39 is 5.92 Å². The van der Waals surface area contributed by atoms with Gasteiger partial charge in [-0.1, -0.05) is 23.7 Å². The number of hydrogen-bond donors (Lipinski definition) is 1. The summed E-state index contributed by atoms with van der Waals surface area (Å²) < 4.78 is 16.8. The largest absolute Gasteiger partial charge is 0.495 e. The highest BCUT2D eigenvalue weighted by Gasteiger charge is 2.36. The Labute approximate surface area is 173 Å². The smallest absolute Gasteiger partial charge is 0.227 e. The van der Waals surface area contributed by atoms with E-state index in [1.165, 1.54) is 7.11 Å². The second-order valence-corrected chi connectivity index (χ2v) is 7.40. The van der Waals surface area contributed by atoms with Gasteiger partial charge in [0, 0.05) is 18.0 Å². The third-order valence-corrected chi connectivity index (χ3v) is 5.23. The van der Waals surface area contributed by atoms with Crippen LogP contribution >= 0.6 is 11.6 Å². The molecule has 0 bridgehead atoms. The Morgan fingerprint density at radius 2 is 2.07 bits per heavy atom. The number of halogens is 1. The van der Waals surface area contributed by atoms with Crippen molar-refractivity contribution in [3.63, 3.8) is 0 Å². The normalized spacial score (nSPS) is 20.5. The van der Waals surface area contributed by atoms with E-state index in [1.807, 2.05) is 24.3 Å². The number of anilines is 1. The Morgan fingerprint density at radius 1 is 1.28 bits per heavy atom. The molecule has 1 fully saturated rings. The van der Waals surface area contributed by atoms with Crippen LogP contribution in [0.15, 0.2) is 42.5 Å². The van der Waals surface area contributed by atoms with Gasteiger partial charge in [-0.15, -0.1) is 0 Å². The number of fused-ring (bicyclic) bond motifs is 1. The van der Waals surface area contributed by atoms with Crippen molar-refractivity contribution < 1.29 is 23.8 Å². The first-order valence-corrected chi connectivity index (χ1v) is 9.73. The van der Waals surface area contributed by atoms with Crippen LogP contribution in [0.4, 0.5) is 5.69 Å². The Bertz CT molecular complexity index is 935. The maximum atomic E-state index is 12.6. The Balaban J connectivity index is 1.36. The molecular formula is C21H21ClN2O5. The van der Waals surface area contributed by atoms with E-state index >= 15 is 0 Å². The van der Waals surface area contributed by atoms with E-state index in [0.29, 0.717) is 41.1 Å². The number of hydrogen-bond acceptors (Lipinski definition) is 5. The summed E-state index contributed by atoms with van der Waals surface area (Å²) >= 11 is 6.07. The number of benzene rings is 2. The molecule has 7 nitrogen and oxygen atoms in total. The van der Waals surface area contributed by atoms with Gasteiger partial charge in [0.1, 0.15) is 18.5 Å². The lowest BCUT2D eigenvalue weighted by Gasteiger charge is -2.27. The maximum Gasteiger partial charge on any atom is 0.227 e. The van der Waals surface area contributed by atoms with Crippen molar-refractivity contribution in [3.8, 4) is 17.2 Å². The standard InChI is InChI=1S/C21H21ClN2O5/c1-27-17-7-6-14(22)9-16(17)24-11-13(8-20(24)25)21(26)23-10-15-12-28-18-4-2-3-5-19(18)29-15/h2-7,9,13,15H,8,10-12H2,1H3,(H,23,26)/t13-,15-/m1/s1. The minimum Gasteiger partial charge on any atom is -0.495 e. The number of carbonyl (C=O) groups is 2. The summed E-state index contributed by atoms with van der Waals surface area (Å²) in [4.78, 5) is 26.7. The number of rotatable bonds is 5. The first-order chi connectivity index (χ1) is 14.0. The summed E-state index contributed by atoms with van der Waals surface area (Å²) in [5.74, 6) is 1.11. The average Bonchev–Trinajstić information content (AvgIpc) is 3.13. The second-order valence-electron chi connectivity index (χ2n) is 6.96. The fourth-order valence-electron chi connectivity index (χ4n) is 3.51. The SMILES string of the molecule is COc1ccc(Cl)cc1N1C[C@H](C(=O)NC[C@@H]2COc3ccccc3O2)CC1=O. The van der Waals surface area contributed by atoms with Gasteiger partial charge in [0.05, 0.1) is 25.3 Å². The molecule has 29 heavy (non-hydrogen) atoms. The fourth-order valence-corrected chi connectivity index (χ4v) is 3.68. The van der Waals surface area contributed by atoms with Gasteiger partial charge in [-0.25, -0.2) is 0 Å². The minimum absolute atomic E-state index is 0.131. The van der Waals surface area contributed by atoms with Crippen LogP contribution in [0.2, 0.25) is 5.02 Å². The van der Waals surface area contributed by atoms with Crippen LogP contribution in [0, 0.1) is 5.92 Å². The third kappa shape index (κ3) is 4.10. The highest BCUT2D eigenvalue weighted by atomic mass is 35.5. The number of nitrogens with one attached hydrogen (secondary N) is 1. The van der Waals surface area contributed by atoms with E-state index in [-0.39, 0.29) is 30.9 Å². The van der Waals surface area contributed by atoms with E-state index in [9.17, 15) is 9.59 Å². The van der Waals surface area contributed by atoms with Crippen molar-refractivity contribution in [1.29, 1.82) is 0 Å². The number of carbonyl (C=O) groups excluding carboxylic acids is 2. The third-order valence-electron chi connectivity index (χ3n) is 5.00. The van der Waals surface area contributed by atoms with Crippen LogP contribution < -0.4 is 24.4 Å². The predicted molar refractivity (Wildman–Crippen MR) is 108 cm³/mol. The van der Waals surface area contributed by atoms with E-state index in [4.69, 9.17) is 25.8 Å². The van der Waals surface area contributed by atoms with Gasteiger partial charge in [0.25, 0.3) is 0 Å². The zero-order valence-electron chi connectivity index (χ0n) is 15.9. The van der Waals surface area contributed by atoms with Crippen LogP contribution in [0.25, 0.3) is 0 Å². The van der Waals surface area contributed by atoms with Crippen molar-refractivity contribution in [2.24, 2.45) is 5.92 Å². The Morgan fingerprint density at radius 3 is 2.86 bits per heavy atom. The maximum absolute atomic E-state index is 12.6. The van der Waals surface area contributed by atoms with Crippen molar-refractivity contribution in [3.05, 3.63) is 47.5 Å². The van der Waals surface area contributed by atoms with E-state index in [0.717, 1.165) is 0 Å². The highest BCUT2D eigenvalue weighted by molar-refractivity contribution is 6.31. The van der Waals surface area contributed by atoms with Crippen LogP contribution in [-0.2, 0) is 9.59 Å². The van der Waals surface area contributed by atoms with Gasteiger partial charge < -0.3 is 24.4 Å². The average molecular weight is 417 g/mol. The molecule has 1 N–H and O–H groups in total. The molecule has 0 spiro atoms. The van der Waals surface area contributed by atoms with Crippen LogP contribution in [0.1, 0.15) is 6.42 Å². The van der Waals surface area contributed by atoms with E-state index in [1.54, 1.807) is 23.1 Å². The van der Waals surface area contributed by atoms with Crippen molar-refractivity contribution in [2.75, 3.05) is 31.7 Å². The zero-order chi connectivity index (χ0) is 20.4. The second kappa shape index (κ2) is 8.21. The number of para-hydroxylation sites is 2. The summed E-state index contributed by atoms with van der Waals surface area (Å²) in [6.45, 7) is 0.928. The summed E-state index contributed by atoms with van der Waals surface area (Å²) in [5.41, 5.74) is 0.570. The summed E-state index contributed by atoms with van der Waals surface area (Å²) in [7, 11) is 1.53. The lowest BCUT2D eigenvalue weighted by atomic mass is 10.1. The molecule has 0 aliphatic carbocycles. The number of ether oxygens (including phenoxy) is 3. The van der Waals surface area contributed by atoms with Crippen LogP contribution in [0.3, 0.4) is 0 Å². The van der Waals surface area contributed by atoms with Crippen molar-refractivity contribution in [1.82, 2.24) is 5.32 Å². The van der Waals surface area contributed by atoms with Gasteiger partial charge in [-0.05, 0) is 30.3 Å². The van der Waals surface area contributed by atoms with Gasteiger partial charge in [-0.3, -0.25) is 9.59 Å². The molecule has 8 heteroatoms. The molecule has 2 amide bonds. The van der Waals surface area contributed by atoms with Gasteiger partial charge in [0.2, 0.25) is 11.8 Å². The lowest BCUT2D eigenvalue weighted by Crippen LogP contribution is -2.43. The van der Waals surface area contributed by atoms with Crippen LogP contribution in [-0.4, -0.2) is 44.7 Å². The predicted octanol–water partition coefficient (Wildman–Crippen LogP) is 2.66. The molecule has 1 saturated heterocycles. The first-order valence-electron chi connectivity index (χ1n) is 9.35. The molecule has 2 aliphatic rings. The van der Waals surface area contributed by atoms with E-state index in [2.05, 4.69) is 5.32 Å². The number of amides is 2. The lowest BCUT2D eigenvalue weighted by molar-refractivity contribution is -0.126. The molecule has 152 valence electrons.